The first-order chi connectivity index (χ1) is 13.5. The summed E-state index contributed by atoms with van der Waals surface area (Å²) in [5.74, 6) is 0.753. The van der Waals surface area contributed by atoms with E-state index < -0.39 is 4.75 Å². The molecule has 28 heavy (non-hydrogen) atoms. The second-order valence-electron chi connectivity index (χ2n) is 7.18. The van der Waals surface area contributed by atoms with E-state index in [1.54, 1.807) is 11.8 Å². The van der Waals surface area contributed by atoms with E-state index in [-0.39, 0.29) is 5.78 Å². The predicted octanol–water partition coefficient (Wildman–Crippen LogP) is 4.96. The van der Waals surface area contributed by atoms with Gasteiger partial charge in [-0.3, -0.25) is 9.69 Å². The Labute approximate surface area is 186 Å². The van der Waals surface area contributed by atoms with Gasteiger partial charge in [-0.1, -0.05) is 33.6 Å². The van der Waals surface area contributed by atoms with Crippen LogP contribution in [-0.4, -0.2) is 54.9 Å². The Balaban J connectivity index is 1.71. The third-order valence-electron chi connectivity index (χ3n) is 5.03. The van der Waals surface area contributed by atoms with Crippen LogP contribution in [0.5, 0.6) is 5.75 Å². The van der Waals surface area contributed by atoms with Gasteiger partial charge in [0.1, 0.15) is 17.1 Å². The molecule has 0 amide bonds. The van der Waals surface area contributed by atoms with Crippen molar-refractivity contribution in [3.05, 3.63) is 56.5 Å². The Morgan fingerprint density at radius 3 is 2.57 bits per heavy atom. The van der Waals surface area contributed by atoms with Crippen LogP contribution in [0.1, 0.15) is 15.9 Å². The number of Topliss-reactive ketones (excluding diaryl/α,β-unsaturated/α-hetero) is 1. The van der Waals surface area contributed by atoms with Crippen LogP contribution in [0.3, 0.4) is 0 Å². The molecule has 0 saturated carbocycles. The highest BCUT2D eigenvalue weighted by atomic mass is 79.9. The van der Waals surface area contributed by atoms with Crippen molar-refractivity contribution in [3.8, 4) is 5.75 Å². The monoisotopic (exact) mass is 525 g/mol. The average Bonchev–Trinajstić information content (AvgIpc) is 2.68. The number of nitrogens with zero attached hydrogens (tertiary/aromatic N) is 1. The van der Waals surface area contributed by atoms with Gasteiger partial charge in [-0.15, -0.1) is 11.8 Å². The predicted molar refractivity (Wildman–Crippen MR) is 119 cm³/mol. The second kappa shape index (κ2) is 8.48. The van der Waals surface area contributed by atoms with Gasteiger partial charge in [-0.2, -0.15) is 0 Å². The molecule has 0 radical (unpaired) electrons. The highest BCUT2D eigenvalue weighted by molar-refractivity contribution is 9.11. The Hall–Kier alpha value is -0.860. The summed E-state index contributed by atoms with van der Waals surface area (Å²) < 4.78 is 12.6. The lowest BCUT2D eigenvalue weighted by Gasteiger charge is -2.40. The van der Waals surface area contributed by atoms with Crippen molar-refractivity contribution in [2.45, 2.75) is 16.6 Å². The van der Waals surface area contributed by atoms with Gasteiger partial charge in [0.05, 0.1) is 23.2 Å². The van der Waals surface area contributed by atoms with Crippen molar-refractivity contribution < 1.29 is 14.3 Å². The number of fused-ring (bicyclic) bond motifs is 1. The van der Waals surface area contributed by atoms with E-state index >= 15 is 0 Å². The van der Waals surface area contributed by atoms with Gasteiger partial charge < -0.3 is 9.47 Å². The molecule has 4 nitrogen and oxygen atoms in total. The number of carbonyl (C=O) groups is 1. The number of hydrogen-bond donors (Lipinski definition) is 0. The summed E-state index contributed by atoms with van der Waals surface area (Å²) in [6, 6.07) is 12.1. The Bertz CT molecular complexity index is 884. The molecule has 0 bridgehead atoms. The summed E-state index contributed by atoms with van der Waals surface area (Å²) in [5, 5.41) is 0. The summed E-state index contributed by atoms with van der Waals surface area (Å²) in [6.07, 6.45) is 0. The first-order valence-electron chi connectivity index (χ1n) is 9.19. The molecule has 0 aromatic heterocycles. The maximum absolute atomic E-state index is 13.8. The minimum absolute atomic E-state index is 0.118. The van der Waals surface area contributed by atoms with Crippen LogP contribution < -0.4 is 4.74 Å². The molecule has 2 aromatic carbocycles. The van der Waals surface area contributed by atoms with E-state index in [1.807, 2.05) is 12.1 Å². The summed E-state index contributed by atoms with van der Waals surface area (Å²) >= 11 is 8.65. The van der Waals surface area contributed by atoms with Crippen molar-refractivity contribution in [1.29, 1.82) is 0 Å². The molecule has 1 fully saturated rings. The highest BCUT2D eigenvalue weighted by Gasteiger charge is 2.47. The largest absolute Gasteiger partial charge is 0.490 e. The molecule has 1 saturated heterocycles. The van der Waals surface area contributed by atoms with Crippen LogP contribution in [-0.2, 0) is 4.74 Å². The fourth-order valence-electron chi connectivity index (χ4n) is 3.55. The second-order valence-corrected chi connectivity index (χ2v) is 10.4. The number of carbonyl (C=O) groups excluding carboxylic acids is 1. The maximum Gasteiger partial charge on any atom is 0.187 e. The van der Waals surface area contributed by atoms with E-state index in [2.05, 4.69) is 67.9 Å². The molecule has 2 aromatic rings. The van der Waals surface area contributed by atoms with Crippen molar-refractivity contribution in [2.75, 3.05) is 39.5 Å². The van der Waals surface area contributed by atoms with Crippen LogP contribution in [0, 0.1) is 6.92 Å². The van der Waals surface area contributed by atoms with Crippen molar-refractivity contribution in [1.82, 2.24) is 4.90 Å². The summed E-state index contributed by atoms with van der Waals surface area (Å²) in [4.78, 5) is 17.2. The lowest BCUT2D eigenvalue weighted by atomic mass is 9.93. The highest BCUT2D eigenvalue weighted by Crippen LogP contribution is 2.45. The molecule has 148 valence electrons. The fraction of sp³-hybridized carbons (Fsp3) is 0.381. The van der Waals surface area contributed by atoms with Gasteiger partial charge in [-0.25, -0.2) is 0 Å². The van der Waals surface area contributed by atoms with Crippen molar-refractivity contribution in [3.63, 3.8) is 0 Å². The van der Waals surface area contributed by atoms with Gasteiger partial charge in [0.15, 0.2) is 5.78 Å². The molecule has 0 aliphatic carbocycles. The van der Waals surface area contributed by atoms with Crippen LogP contribution in [0.25, 0.3) is 0 Å². The zero-order valence-corrected chi connectivity index (χ0v) is 19.5. The molecular weight excluding hydrogens is 506 g/mol. The molecule has 7 heteroatoms. The van der Waals surface area contributed by atoms with Gasteiger partial charge in [-0.05, 0) is 47.1 Å². The van der Waals surface area contributed by atoms with Crippen LogP contribution >= 0.6 is 43.6 Å². The van der Waals surface area contributed by atoms with Crippen LogP contribution in [0.2, 0.25) is 0 Å². The lowest BCUT2D eigenvalue weighted by molar-refractivity contribution is 0.0287. The number of benzene rings is 2. The number of aryl methyl sites for hydroxylation is 1. The first-order valence-corrected chi connectivity index (χ1v) is 11.6. The van der Waals surface area contributed by atoms with Crippen LogP contribution in [0.4, 0.5) is 0 Å². The molecule has 1 atom stereocenters. The van der Waals surface area contributed by atoms with Gasteiger partial charge in [0.25, 0.3) is 0 Å². The number of halogens is 2. The zero-order valence-electron chi connectivity index (χ0n) is 15.5. The number of rotatable bonds is 4. The first kappa shape index (κ1) is 20.4. The van der Waals surface area contributed by atoms with E-state index in [4.69, 9.17) is 9.47 Å². The molecule has 0 N–H and O–H groups in total. The number of hydrogen-bond acceptors (Lipinski definition) is 5. The normalized spacial score (nSPS) is 22.6. The molecule has 0 spiro atoms. The Kier molecular flexibility index (Phi) is 6.18. The molecule has 1 unspecified atom stereocenters. The molecule has 2 aliphatic rings. The third kappa shape index (κ3) is 4.19. The van der Waals surface area contributed by atoms with Crippen molar-refractivity contribution in [2.24, 2.45) is 0 Å². The van der Waals surface area contributed by atoms with E-state index in [9.17, 15) is 4.79 Å². The lowest BCUT2D eigenvalue weighted by Crippen LogP contribution is -2.54. The minimum atomic E-state index is -0.695. The standard InChI is InChI=1S/C21H21Br2NO3S/c1-14-2-4-16(5-3-14)28-21(12-24-6-8-26-9-7-24)13-27-19-17(20(21)25)10-15(22)11-18(19)23/h2-5,10-11H,6-9,12-13H2,1H3. The maximum atomic E-state index is 13.8. The Morgan fingerprint density at radius 1 is 1.14 bits per heavy atom. The third-order valence-corrected chi connectivity index (χ3v) is 7.41. The van der Waals surface area contributed by atoms with Gasteiger partial charge >= 0.3 is 0 Å². The Morgan fingerprint density at radius 2 is 1.86 bits per heavy atom. The van der Waals surface area contributed by atoms with Gasteiger partial charge in [0, 0.05) is 29.0 Å². The van der Waals surface area contributed by atoms with E-state index in [1.165, 1.54) is 5.56 Å². The SMILES string of the molecule is Cc1ccc(SC2(CN3CCOCC3)COc3c(Br)cc(Br)cc3C2=O)cc1. The molecule has 4 rings (SSSR count). The summed E-state index contributed by atoms with van der Waals surface area (Å²) in [7, 11) is 0. The number of morpholine rings is 1. The summed E-state index contributed by atoms with van der Waals surface area (Å²) in [6.45, 7) is 6.11. The fourth-order valence-corrected chi connectivity index (χ4v) is 6.18. The molecule has 2 aliphatic heterocycles. The molecular formula is C21H21Br2NO3S. The minimum Gasteiger partial charge on any atom is -0.490 e. The number of thioether (sulfide) groups is 1. The topological polar surface area (TPSA) is 38.8 Å². The number of ether oxygens (including phenoxy) is 2. The molecule has 2 heterocycles. The summed E-state index contributed by atoms with van der Waals surface area (Å²) in [5.41, 5.74) is 1.83. The number of ketones is 1. The quantitative estimate of drug-likeness (QED) is 0.563. The van der Waals surface area contributed by atoms with Gasteiger partial charge in [0.2, 0.25) is 0 Å². The zero-order chi connectivity index (χ0) is 19.7. The van der Waals surface area contributed by atoms with Crippen molar-refractivity contribution >= 4 is 49.4 Å². The van der Waals surface area contributed by atoms with Crippen LogP contribution in [0.15, 0.2) is 50.2 Å². The smallest absolute Gasteiger partial charge is 0.187 e. The average molecular weight is 527 g/mol. The van der Waals surface area contributed by atoms with E-state index in [0.717, 1.165) is 26.9 Å². The van der Waals surface area contributed by atoms with E-state index in [0.29, 0.717) is 37.7 Å².